The van der Waals surface area contributed by atoms with E-state index in [1.54, 1.807) is 12.1 Å². The molecule has 0 aliphatic carbocycles. The maximum Gasteiger partial charge on any atom is 0.187 e. The summed E-state index contributed by atoms with van der Waals surface area (Å²) in [5.74, 6) is -0.664. The van der Waals surface area contributed by atoms with E-state index in [2.05, 4.69) is 5.32 Å². The van der Waals surface area contributed by atoms with Crippen LogP contribution in [0.3, 0.4) is 0 Å². The number of rotatable bonds is 2. The molecule has 0 amide bonds. The first-order valence-corrected chi connectivity index (χ1v) is 6.37. The first kappa shape index (κ1) is 12.1. The molecule has 0 aromatic heterocycles. The number of carbonyl (C=O) groups is 1. The Bertz CT molecular complexity index is 624. The van der Waals surface area contributed by atoms with Crippen LogP contribution >= 0.6 is 0 Å². The molecule has 3 heteroatoms. The molecule has 0 saturated carbocycles. The molecule has 0 radical (unpaired) electrons. The minimum absolute atomic E-state index is 0.150. The van der Waals surface area contributed by atoms with Gasteiger partial charge in [0, 0.05) is 6.54 Å². The van der Waals surface area contributed by atoms with Crippen LogP contribution in [0.4, 0.5) is 4.39 Å². The van der Waals surface area contributed by atoms with Crippen molar-refractivity contribution in [1.29, 1.82) is 0 Å². The van der Waals surface area contributed by atoms with Gasteiger partial charge in [0.25, 0.3) is 0 Å². The molecule has 1 unspecified atom stereocenters. The van der Waals surface area contributed by atoms with E-state index in [9.17, 15) is 9.18 Å². The first-order valence-electron chi connectivity index (χ1n) is 6.37. The van der Waals surface area contributed by atoms with Crippen LogP contribution in [0.5, 0.6) is 0 Å². The zero-order chi connectivity index (χ0) is 13.2. The number of halogens is 1. The second-order valence-corrected chi connectivity index (χ2v) is 4.68. The largest absolute Gasteiger partial charge is 0.303 e. The number of fused-ring (bicyclic) bond motifs is 1. The van der Waals surface area contributed by atoms with Gasteiger partial charge in [-0.25, -0.2) is 4.39 Å². The lowest BCUT2D eigenvalue weighted by Crippen LogP contribution is -2.35. The number of nitrogens with one attached hydrogen (secondary N) is 1. The SMILES string of the molecule is O=C(c1ccccc1F)C1NCCc2ccccc21. The summed E-state index contributed by atoms with van der Waals surface area (Å²) in [6.45, 7) is 0.738. The third-order valence-corrected chi connectivity index (χ3v) is 3.51. The monoisotopic (exact) mass is 255 g/mol. The van der Waals surface area contributed by atoms with Gasteiger partial charge in [-0.05, 0) is 29.7 Å². The summed E-state index contributed by atoms with van der Waals surface area (Å²) in [4.78, 5) is 12.5. The highest BCUT2D eigenvalue weighted by Gasteiger charge is 2.27. The molecule has 3 rings (SSSR count). The van der Waals surface area contributed by atoms with E-state index in [-0.39, 0.29) is 11.3 Å². The fourth-order valence-corrected chi connectivity index (χ4v) is 2.56. The zero-order valence-electron chi connectivity index (χ0n) is 10.4. The Labute approximate surface area is 111 Å². The van der Waals surface area contributed by atoms with E-state index < -0.39 is 11.9 Å². The van der Waals surface area contributed by atoms with Gasteiger partial charge in [-0.3, -0.25) is 4.79 Å². The molecule has 1 N–H and O–H groups in total. The van der Waals surface area contributed by atoms with Crippen molar-refractivity contribution in [3.63, 3.8) is 0 Å². The van der Waals surface area contributed by atoms with E-state index in [4.69, 9.17) is 0 Å². The fraction of sp³-hybridized carbons (Fsp3) is 0.188. The summed E-state index contributed by atoms with van der Waals surface area (Å²) in [7, 11) is 0. The van der Waals surface area contributed by atoms with Crippen LogP contribution in [0, 0.1) is 5.82 Å². The molecular formula is C16H14FNO. The van der Waals surface area contributed by atoms with Crippen LogP contribution in [0.25, 0.3) is 0 Å². The molecule has 2 aromatic carbocycles. The van der Waals surface area contributed by atoms with Crippen LogP contribution in [0.2, 0.25) is 0 Å². The third-order valence-electron chi connectivity index (χ3n) is 3.51. The zero-order valence-corrected chi connectivity index (χ0v) is 10.4. The Morgan fingerprint density at radius 1 is 1.11 bits per heavy atom. The van der Waals surface area contributed by atoms with E-state index in [0.29, 0.717) is 0 Å². The van der Waals surface area contributed by atoms with Crippen molar-refractivity contribution in [2.45, 2.75) is 12.5 Å². The second-order valence-electron chi connectivity index (χ2n) is 4.68. The molecule has 1 aliphatic rings. The number of ketones is 1. The van der Waals surface area contributed by atoms with Crippen LogP contribution in [0.1, 0.15) is 27.5 Å². The molecule has 1 heterocycles. The van der Waals surface area contributed by atoms with Crippen LogP contribution in [0.15, 0.2) is 48.5 Å². The number of hydrogen-bond acceptors (Lipinski definition) is 2. The van der Waals surface area contributed by atoms with Gasteiger partial charge < -0.3 is 5.32 Å². The van der Waals surface area contributed by atoms with Gasteiger partial charge >= 0.3 is 0 Å². The van der Waals surface area contributed by atoms with Gasteiger partial charge in [-0.15, -0.1) is 0 Å². The van der Waals surface area contributed by atoms with Crippen LogP contribution < -0.4 is 5.32 Å². The van der Waals surface area contributed by atoms with Crippen molar-refractivity contribution >= 4 is 5.78 Å². The quantitative estimate of drug-likeness (QED) is 0.836. The average molecular weight is 255 g/mol. The minimum atomic E-state index is -0.461. The van der Waals surface area contributed by atoms with Gasteiger partial charge in [-0.2, -0.15) is 0 Å². The topological polar surface area (TPSA) is 29.1 Å². The average Bonchev–Trinajstić information content (AvgIpc) is 2.46. The molecule has 2 aromatic rings. The molecule has 1 aliphatic heterocycles. The molecule has 19 heavy (non-hydrogen) atoms. The number of benzene rings is 2. The highest BCUT2D eigenvalue weighted by Crippen LogP contribution is 2.26. The lowest BCUT2D eigenvalue weighted by atomic mass is 9.89. The highest BCUT2D eigenvalue weighted by molar-refractivity contribution is 6.01. The van der Waals surface area contributed by atoms with Crippen LogP contribution in [-0.2, 0) is 6.42 Å². The van der Waals surface area contributed by atoms with Gasteiger partial charge in [0.15, 0.2) is 5.78 Å². The van der Waals surface area contributed by atoms with Gasteiger partial charge in [0.2, 0.25) is 0 Å². The second kappa shape index (κ2) is 4.94. The van der Waals surface area contributed by atoms with Crippen molar-refractivity contribution in [2.75, 3.05) is 6.54 Å². The Balaban J connectivity index is 2.00. The summed E-state index contributed by atoms with van der Waals surface area (Å²) in [6, 6.07) is 13.5. The maximum atomic E-state index is 13.7. The van der Waals surface area contributed by atoms with E-state index in [1.807, 2.05) is 24.3 Å². The molecule has 0 fully saturated rings. The Kier molecular flexibility index (Phi) is 3.13. The van der Waals surface area contributed by atoms with E-state index in [1.165, 1.54) is 12.1 Å². The molecule has 96 valence electrons. The molecule has 1 atom stereocenters. The summed E-state index contributed by atoms with van der Waals surface area (Å²) in [5, 5.41) is 3.18. The van der Waals surface area contributed by atoms with Crippen molar-refractivity contribution in [2.24, 2.45) is 0 Å². The van der Waals surface area contributed by atoms with Crippen molar-refractivity contribution in [1.82, 2.24) is 5.32 Å². The Hall–Kier alpha value is -2.00. The normalized spacial score (nSPS) is 17.8. The summed E-state index contributed by atoms with van der Waals surface area (Å²) in [6.07, 6.45) is 0.900. The number of hydrogen-bond donors (Lipinski definition) is 1. The standard InChI is InChI=1S/C16H14FNO/c17-14-8-4-3-7-13(14)16(19)15-12-6-2-1-5-11(12)9-10-18-15/h1-8,15,18H,9-10H2. The predicted octanol–water partition coefficient (Wildman–Crippen LogP) is 2.90. The number of carbonyl (C=O) groups excluding carboxylic acids is 1. The van der Waals surface area contributed by atoms with Crippen LogP contribution in [-0.4, -0.2) is 12.3 Å². The van der Waals surface area contributed by atoms with Crippen molar-refractivity contribution in [3.05, 3.63) is 71.0 Å². The van der Waals surface area contributed by atoms with E-state index in [0.717, 1.165) is 24.1 Å². The minimum Gasteiger partial charge on any atom is -0.303 e. The lowest BCUT2D eigenvalue weighted by molar-refractivity contribution is 0.0935. The molecular weight excluding hydrogens is 241 g/mol. The van der Waals surface area contributed by atoms with Gasteiger partial charge in [0.05, 0.1) is 11.6 Å². The summed E-state index contributed by atoms with van der Waals surface area (Å²) in [5.41, 5.74) is 2.27. The highest BCUT2D eigenvalue weighted by atomic mass is 19.1. The number of Topliss-reactive ketones (excluding diaryl/α,β-unsaturated/α-hetero) is 1. The van der Waals surface area contributed by atoms with Crippen molar-refractivity contribution in [3.8, 4) is 0 Å². The van der Waals surface area contributed by atoms with Crippen molar-refractivity contribution < 1.29 is 9.18 Å². The predicted molar refractivity (Wildman–Crippen MR) is 71.6 cm³/mol. The lowest BCUT2D eigenvalue weighted by Gasteiger charge is -2.26. The molecule has 0 spiro atoms. The molecule has 2 nitrogen and oxygen atoms in total. The third kappa shape index (κ3) is 2.17. The molecule has 0 saturated heterocycles. The smallest absolute Gasteiger partial charge is 0.187 e. The molecule has 0 bridgehead atoms. The van der Waals surface area contributed by atoms with Gasteiger partial charge in [0.1, 0.15) is 5.82 Å². The first-order chi connectivity index (χ1) is 9.27. The maximum absolute atomic E-state index is 13.7. The summed E-state index contributed by atoms with van der Waals surface area (Å²) >= 11 is 0. The fourth-order valence-electron chi connectivity index (χ4n) is 2.56. The Morgan fingerprint density at radius 3 is 2.68 bits per heavy atom. The summed E-state index contributed by atoms with van der Waals surface area (Å²) < 4.78 is 13.7. The van der Waals surface area contributed by atoms with Gasteiger partial charge in [-0.1, -0.05) is 36.4 Å². The Morgan fingerprint density at radius 2 is 1.84 bits per heavy atom. The van der Waals surface area contributed by atoms with E-state index >= 15 is 0 Å².